The van der Waals surface area contributed by atoms with Gasteiger partial charge >= 0.3 is 0 Å². The van der Waals surface area contributed by atoms with Crippen LogP contribution >= 0.6 is 0 Å². The summed E-state index contributed by atoms with van der Waals surface area (Å²) >= 11 is 0. The summed E-state index contributed by atoms with van der Waals surface area (Å²) in [6.45, 7) is 0. The molecular weight excluding hydrogens is 238 g/mol. The van der Waals surface area contributed by atoms with Crippen molar-refractivity contribution < 1.29 is 9.58 Å². The molecule has 0 aromatic heterocycles. The van der Waals surface area contributed by atoms with Crippen LogP contribution in [0.5, 0.6) is 0 Å². The number of hydrogen-bond donors (Lipinski definition) is 0. The van der Waals surface area contributed by atoms with Crippen molar-refractivity contribution in [1.82, 2.24) is 0 Å². The molecule has 0 aliphatic heterocycles. The van der Waals surface area contributed by atoms with Crippen LogP contribution in [0.4, 0.5) is 5.69 Å². The summed E-state index contributed by atoms with van der Waals surface area (Å²) in [5, 5.41) is 0. The number of rotatable bonds is 3. The van der Waals surface area contributed by atoms with Gasteiger partial charge in [-0.2, -0.15) is 4.79 Å². The lowest BCUT2D eigenvalue weighted by Gasteiger charge is -2.17. The van der Waals surface area contributed by atoms with Crippen molar-refractivity contribution in [1.29, 1.82) is 0 Å². The molecule has 19 heavy (non-hydrogen) atoms. The standard InChI is InChI=1S/C15H13N3O/c1-18(14-5-3-2-4-6-14)15(19)13-9-7-12(8-10-13)11-17-16/h2-11H,1H3. The van der Waals surface area contributed by atoms with Crippen LogP contribution in [0.1, 0.15) is 15.9 Å². The van der Waals surface area contributed by atoms with E-state index in [0.29, 0.717) is 5.56 Å². The second-order valence-corrected chi connectivity index (χ2v) is 4.07. The van der Waals surface area contributed by atoms with Crippen molar-refractivity contribution in [3.8, 4) is 0 Å². The van der Waals surface area contributed by atoms with Crippen LogP contribution in [0, 0.1) is 0 Å². The maximum atomic E-state index is 12.3. The van der Waals surface area contributed by atoms with Crippen LogP contribution in [-0.2, 0) is 0 Å². The lowest BCUT2D eigenvalue weighted by molar-refractivity contribution is 0.00456. The van der Waals surface area contributed by atoms with E-state index < -0.39 is 0 Å². The molecule has 2 aromatic rings. The fourth-order valence-electron chi connectivity index (χ4n) is 1.74. The Morgan fingerprint density at radius 1 is 1.11 bits per heavy atom. The number of carbonyl (C=O) groups excluding carboxylic acids is 1. The Hall–Kier alpha value is -2.71. The van der Waals surface area contributed by atoms with Crippen LogP contribution in [0.25, 0.3) is 5.53 Å². The summed E-state index contributed by atoms with van der Waals surface area (Å²) < 4.78 is 0. The number of amides is 1. The molecule has 0 radical (unpaired) electrons. The molecule has 0 N–H and O–H groups in total. The molecule has 0 atom stereocenters. The van der Waals surface area contributed by atoms with Gasteiger partial charge in [-0.25, -0.2) is 0 Å². The first kappa shape index (κ1) is 12.7. The minimum absolute atomic E-state index is 0.0845. The van der Waals surface area contributed by atoms with Crippen LogP contribution in [0.3, 0.4) is 0 Å². The van der Waals surface area contributed by atoms with E-state index in [1.807, 2.05) is 30.3 Å². The smallest absolute Gasteiger partial charge is 0.287 e. The first-order chi connectivity index (χ1) is 9.22. The molecule has 0 aliphatic rings. The number of carbonyl (C=O) groups is 1. The Kier molecular flexibility index (Phi) is 3.86. The number of benzene rings is 2. The average Bonchev–Trinajstić information content (AvgIpc) is 2.48. The second kappa shape index (κ2) is 5.76. The van der Waals surface area contributed by atoms with Crippen molar-refractivity contribution in [2.24, 2.45) is 0 Å². The van der Waals surface area contributed by atoms with Gasteiger partial charge in [-0.15, -0.1) is 0 Å². The fraction of sp³-hybridized carbons (Fsp3) is 0.0667. The number of anilines is 1. The highest BCUT2D eigenvalue weighted by Crippen LogP contribution is 2.14. The molecule has 2 rings (SSSR count). The summed E-state index contributed by atoms with van der Waals surface area (Å²) in [6, 6.07) is 16.3. The molecule has 4 heteroatoms. The van der Waals surface area contributed by atoms with Crippen molar-refractivity contribution in [2.45, 2.75) is 0 Å². The largest absolute Gasteiger partial charge is 0.361 e. The third-order valence-electron chi connectivity index (χ3n) is 2.81. The number of nitrogens with zero attached hydrogens (tertiary/aromatic N) is 3. The van der Waals surface area contributed by atoms with Crippen LogP contribution in [0.15, 0.2) is 54.6 Å². The van der Waals surface area contributed by atoms with Gasteiger partial charge in [0.1, 0.15) is 0 Å². The zero-order valence-electron chi connectivity index (χ0n) is 10.5. The second-order valence-electron chi connectivity index (χ2n) is 4.07. The highest BCUT2D eigenvalue weighted by Gasteiger charge is 2.12. The monoisotopic (exact) mass is 251 g/mol. The van der Waals surface area contributed by atoms with Gasteiger partial charge in [0, 0.05) is 18.3 Å². The molecule has 4 nitrogen and oxygen atoms in total. The zero-order valence-corrected chi connectivity index (χ0v) is 10.5. The third-order valence-corrected chi connectivity index (χ3v) is 2.81. The molecular formula is C15H13N3O. The predicted octanol–water partition coefficient (Wildman–Crippen LogP) is 2.61. The van der Waals surface area contributed by atoms with E-state index in [-0.39, 0.29) is 5.91 Å². The van der Waals surface area contributed by atoms with Gasteiger partial charge in [0.15, 0.2) is 0 Å². The highest BCUT2D eigenvalue weighted by atomic mass is 16.2. The maximum Gasteiger partial charge on any atom is 0.287 e. The molecule has 0 unspecified atom stereocenters. The maximum absolute atomic E-state index is 12.3. The Balaban J connectivity index is 2.22. The zero-order chi connectivity index (χ0) is 13.7. The Morgan fingerprint density at radius 3 is 2.32 bits per heavy atom. The van der Waals surface area contributed by atoms with Gasteiger partial charge in [0.05, 0.1) is 5.56 Å². The topological polar surface area (TPSA) is 56.7 Å². The summed E-state index contributed by atoms with van der Waals surface area (Å²) in [5.41, 5.74) is 10.6. The molecule has 94 valence electrons. The summed E-state index contributed by atoms with van der Waals surface area (Å²) in [5.74, 6) is -0.0845. The van der Waals surface area contributed by atoms with Gasteiger partial charge < -0.3 is 10.4 Å². The lowest BCUT2D eigenvalue weighted by Crippen LogP contribution is -2.26. The van der Waals surface area contributed by atoms with Gasteiger partial charge in [0.25, 0.3) is 12.1 Å². The number of para-hydroxylation sites is 1. The minimum Gasteiger partial charge on any atom is -0.361 e. The molecule has 0 fully saturated rings. The molecule has 0 saturated carbocycles. The average molecular weight is 251 g/mol. The predicted molar refractivity (Wildman–Crippen MR) is 74.4 cm³/mol. The van der Waals surface area contributed by atoms with Crippen molar-refractivity contribution in [2.75, 3.05) is 11.9 Å². The molecule has 0 aliphatic carbocycles. The normalized spacial score (nSPS) is 9.53. The highest BCUT2D eigenvalue weighted by molar-refractivity contribution is 6.05. The quantitative estimate of drug-likeness (QED) is 0.470. The van der Waals surface area contributed by atoms with Gasteiger partial charge in [-0.05, 0) is 36.4 Å². The molecule has 0 heterocycles. The van der Waals surface area contributed by atoms with Crippen molar-refractivity contribution in [3.05, 3.63) is 71.3 Å². The van der Waals surface area contributed by atoms with Gasteiger partial charge in [-0.3, -0.25) is 4.79 Å². The van der Waals surface area contributed by atoms with E-state index in [9.17, 15) is 4.79 Å². The van der Waals surface area contributed by atoms with Crippen molar-refractivity contribution in [3.63, 3.8) is 0 Å². The first-order valence-electron chi connectivity index (χ1n) is 5.83. The van der Waals surface area contributed by atoms with Gasteiger partial charge in [0.2, 0.25) is 0 Å². The lowest BCUT2D eigenvalue weighted by atomic mass is 10.1. The van der Waals surface area contributed by atoms with E-state index >= 15 is 0 Å². The van der Waals surface area contributed by atoms with E-state index in [0.717, 1.165) is 11.3 Å². The Morgan fingerprint density at radius 2 is 1.74 bits per heavy atom. The van der Waals surface area contributed by atoms with E-state index in [2.05, 4.69) is 4.79 Å². The summed E-state index contributed by atoms with van der Waals surface area (Å²) in [4.78, 5) is 16.8. The van der Waals surface area contributed by atoms with Crippen molar-refractivity contribution >= 4 is 17.8 Å². The summed E-state index contributed by atoms with van der Waals surface area (Å²) in [6.07, 6.45) is 1.31. The van der Waals surface area contributed by atoms with E-state index in [1.54, 1.807) is 36.2 Å². The fourth-order valence-corrected chi connectivity index (χ4v) is 1.74. The SMILES string of the molecule is CN(C(=O)c1ccc(C=[N+]=[N-])cc1)c1ccccc1. The molecule has 2 aromatic carbocycles. The first-order valence-corrected chi connectivity index (χ1v) is 5.83. The van der Waals surface area contributed by atoms with Crippen LogP contribution in [-0.4, -0.2) is 24.0 Å². The van der Waals surface area contributed by atoms with Crippen LogP contribution in [0.2, 0.25) is 0 Å². The molecule has 1 amide bonds. The third kappa shape index (κ3) is 2.94. The minimum atomic E-state index is -0.0845. The van der Waals surface area contributed by atoms with Crippen LogP contribution < -0.4 is 4.90 Å². The van der Waals surface area contributed by atoms with E-state index in [4.69, 9.17) is 5.53 Å². The Bertz CT molecular complexity index is 614. The molecule has 0 bridgehead atoms. The summed E-state index contributed by atoms with van der Waals surface area (Å²) in [7, 11) is 1.74. The number of hydrogen-bond acceptors (Lipinski definition) is 1. The molecule has 0 spiro atoms. The molecule has 0 saturated heterocycles. The Labute approximate surface area is 111 Å². The van der Waals surface area contributed by atoms with E-state index in [1.165, 1.54) is 6.21 Å². The van der Waals surface area contributed by atoms with Gasteiger partial charge in [-0.1, -0.05) is 18.2 Å².